The molecule has 194 valence electrons. The highest BCUT2D eigenvalue weighted by Crippen LogP contribution is 2.44. The second-order valence-electron chi connectivity index (χ2n) is 9.63. The van der Waals surface area contributed by atoms with E-state index in [1.54, 1.807) is 12.3 Å². The number of benzene rings is 1. The van der Waals surface area contributed by atoms with Crippen LogP contribution < -0.4 is 15.4 Å². The van der Waals surface area contributed by atoms with Gasteiger partial charge in [0.15, 0.2) is 0 Å². The van der Waals surface area contributed by atoms with Crippen LogP contribution >= 0.6 is 23.2 Å². The standard InChI is InChI=1S/C28H31Cl2N5O2/c1-2-37-27-20(4-3-13-32-27)23-7-6-21-24(33-23)17-35(26(36)9-12-31)18-28(21)10-14-34(15-11-28)25-8-5-19(29)16-22(25)30/h3-8,13,16H,2,9-12,14-15,17-18,31H2,1H3. The van der Waals surface area contributed by atoms with Gasteiger partial charge in [-0.1, -0.05) is 29.3 Å². The van der Waals surface area contributed by atoms with Gasteiger partial charge in [0, 0.05) is 49.2 Å². The van der Waals surface area contributed by atoms with Crippen molar-refractivity contribution >= 4 is 34.8 Å². The van der Waals surface area contributed by atoms with Crippen molar-refractivity contribution in [2.24, 2.45) is 5.73 Å². The number of hydrogen-bond donors (Lipinski definition) is 1. The third kappa shape index (κ3) is 5.13. The van der Waals surface area contributed by atoms with Crippen molar-refractivity contribution in [2.75, 3.05) is 37.7 Å². The maximum Gasteiger partial charge on any atom is 0.224 e. The molecule has 0 bridgehead atoms. The first kappa shape index (κ1) is 25.8. The average molecular weight is 540 g/mol. The van der Waals surface area contributed by atoms with Gasteiger partial charge in [0.2, 0.25) is 11.8 Å². The largest absolute Gasteiger partial charge is 0.477 e. The fraction of sp³-hybridized carbons (Fsp3) is 0.393. The van der Waals surface area contributed by atoms with Gasteiger partial charge in [-0.15, -0.1) is 0 Å². The van der Waals surface area contributed by atoms with Gasteiger partial charge in [-0.05, 0) is 61.7 Å². The summed E-state index contributed by atoms with van der Waals surface area (Å²) in [5.74, 6) is 0.631. The number of carbonyl (C=O) groups is 1. The molecule has 2 aromatic heterocycles. The van der Waals surface area contributed by atoms with E-state index in [0.717, 1.165) is 48.6 Å². The number of fused-ring (bicyclic) bond motifs is 2. The Bertz CT molecular complexity index is 1290. The minimum Gasteiger partial charge on any atom is -0.477 e. The molecule has 4 heterocycles. The van der Waals surface area contributed by atoms with Crippen molar-refractivity contribution in [3.8, 4) is 17.1 Å². The molecule has 2 aliphatic heterocycles. The summed E-state index contributed by atoms with van der Waals surface area (Å²) in [6.45, 7) is 5.57. The Balaban J connectivity index is 1.49. The summed E-state index contributed by atoms with van der Waals surface area (Å²) in [5.41, 5.74) is 10.3. The van der Waals surface area contributed by atoms with Crippen molar-refractivity contribution in [1.29, 1.82) is 0 Å². The topological polar surface area (TPSA) is 84.6 Å². The van der Waals surface area contributed by atoms with Crippen LogP contribution in [0.4, 0.5) is 5.69 Å². The van der Waals surface area contributed by atoms with E-state index in [1.807, 2.05) is 36.1 Å². The van der Waals surface area contributed by atoms with E-state index >= 15 is 0 Å². The van der Waals surface area contributed by atoms with Gasteiger partial charge >= 0.3 is 0 Å². The lowest BCUT2D eigenvalue weighted by Crippen LogP contribution is -2.53. The van der Waals surface area contributed by atoms with Crippen LogP contribution in [-0.2, 0) is 16.8 Å². The maximum absolute atomic E-state index is 13.0. The van der Waals surface area contributed by atoms with Gasteiger partial charge in [-0.2, -0.15) is 0 Å². The van der Waals surface area contributed by atoms with Crippen LogP contribution in [0.2, 0.25) is 10.0 Å². The number of halogens is 2. The van der Waals surface area contributed by atoms with Gasteiger partial charge in [0.05, 0.1) is 40.8 Å². The molecule has 1 aromatic carbocycles. The summed E-state index contributed by atoms with van der Waals surface area (Å²) in [6.07, 6.45) is 3.80. The highest BCUT2D eigenvalue weighted by Gasteiger charge is 2.44. The molecule has 2 aliphatic rings. The molecule has 0 saturated carbocycles. The van der Waals surface area contributed by atoms with E-state index in [2.05, 4.69) is 22.0 Å². The highest BCUT2D eigenvalue weighted by molar-refractivity contribution is 6.36. The van der Waals surface area contributed by atoms with Gasteiger partial charge in [-0.3, -0.25) is 9.78 Å². The van der Waals surface area contributed by atoms with Crippen LogP contribution in [0.15, 0.2) is 48.7 Å². The van der Waals surface area contributed by atoms with Crippen molar-refractivity contribution in [3.63, 3.8) is 0 Å². The van der Waals surface area contributed by atoms with Crippen molar-refractivity contribution in [3.05, 3.63) is 70.0 Å². The van der Waals surface area contributed by atoms with E-state index in [9.17, 15) is 4.79 Å². The molecule has 0 radical (unpaired) electrons. The Morgan fingerprint density at radius 1 is 1.16 bits per heavy atom. The van der Waals surface area contributed by atoms with Gasteiger partial charge in [0.25, 0.3) is 0 Å². The highest BCUT2D eigenvalue weighted by atomic mass is 35.5. The van der Waals surface area contributed by atoms with Crippen molar-refractivity contribution in [1.82, 2.24) is 14.9 Å². The number of nitrogens with zero attached hydrogens (tertiary/aromatic N) is 4. The summed E-state index contributed by atoms with van der Waals surface area (Å²) >= 11 is 12.6. The molecule has 5 rings (SSSR count). The molecule has 2 N–H and O–H groups in total. The number of carbonyl (C=O) groups excluding carboxylic acids is 1. The smallest absolute Gasteiger partial charge is 0.224 e. The summed E-state index contributed by atoms with van der Waals surface area (Å²) in [7, 11) is 0. The SMILES string of the molecule is CCOc1ncccc1-c1ccc2c(n1)CN(C(=O)CCN)CC21CCN(c2ccc(Cl)cc2Cl)CC1. The molecular formula is C28H31Cl2N5O2. The number of piperidine rings is 1. The fourth-order valence-electron chi connectivity index (χ4n) is 5.58. The maximum atomic E-state index is 13.0. The first-order chi connectivity index (χ1) is 17.9. The quantitative estimate of drug-likeness (QED) is 0.470. The second kappa shape index (κ2) is 10.9. The number of nitrogens with two attached hydrogens (primary N) is 1. The number of amides is 1. The molecule has 37 heavy (non-hydrogen) atoms. The van der Waals surface area contributed by atoms with Crippen molar-refractivity contribution in [2.45, 2.75) is 38.1 Å². The zero-order valence-corrected chi connectivity index (χ0v) is 22.4. The monoisotopic (exact) mass is 539 g/mol. The molecule has 3 aromatic rings. The van der Waals surface area contributed by atoms with E-state index in [1.165, 1.54) is 5.56 Å². The Labute approximate surface area is 227 Å². The Kier molecular flexibility index (Phi) is 7.56. The fourth-order valence-corrected chi connectivity index (χ4v) is 6.11. The van der Waals surface area contributed by atoms with Crippen LogP contribution in [0.3, 0.4) is 0 Å². The number of aromatic nitrogens is 2. The van der Waals surface area contributed by atoms with E-state index < -0.39 is 0 Å². The molecule has 0 aliphatic carbocycles. The van der Waals surface area contributed by atoms with Gasteiger partial charge in [0.1, 0.15) is 0 Å². The van der Waals surface area contributed by atoms with E-state index in [4.69, 9.17) is 38.7 Å². The summed E-state index contributed by atoms with van der Waals surface area (Å²) in [4.78, 5) is 26.7. The van der Waals surface area contributed by atoms with E-state index in [-0.39, 0.29) is 11.3 Å². The summed E-state index contributed by atoms with van der Waals surface area (Å²) in [5, 5.41) is 1.28. The Morgan fingerprint density at radius 3 is 2.70 bits per heavy atom. The Hall–Kier alpha value is -2.87. The number of anilines is 1. The Morgan fingerprint density at radius 2 is 1.97 bits per heavy atom. The number of hydrogen-bond acceptors (Lipinski definition) is 6. The minimum atomic E-state index is -0.184. The molecule has 7 nitrogen and oxygen atoms in total. The van der Waals surface area contributed by atoms with Crippen LogP contribution in [0, 0.1) is 0 Å². The van der Waals surface area contributed by atoms with Gasteiger partial charge in [-0.25, -0.2) is 4.98 Å². The number of ether oxygens (including phenoxy) is 1. The average Bonchev–Trinajstić information content (AvgIpc) is 2.90. The van der Waals surface area contributed by atoms with Crippen LogP contribution in [0.5, 0.6) is 5.88 Å². The molecule has 1 saturated heterocycles. The van der Waals surface area contributed by atoms with E-state index in [0.29, 0.717) is 48.6 Å². The lowest BCUT2D eigenvalue weighted by atomic mass is 9.69. The second-order valence-corrected chi connectivity index (χ2v) is 10.5. The van der Waals surface area contributed by atoms with Gasteiger partial charge < -0.3 is 20.3 Å². The van der Waals surface area contributed by atoms with Crippen LogP contribution in [0.1, 0.15) is 37.4 Å². The first-order valence-corrected chi connectivity index (χ1v) is 13.5. The number of rotatable bonds is 6. The normalized spacial score (nSPS) is 16.5. The molecule has 0 unspecified atom stereocenters. The zero-order chi connectivity index (χ0) is 26.0. The van der Waals surface area contributed by atoms with Crippen LogP contribution in [-0.4, -0.2) is 53.6 Å². The summed E-state index contributed by atoms with van der Waals surface area (Å²) in [6, 6.07) is 13.7. The molecule has 1 amide bonds. The molecule has 1 spiro atoms. The molecular weight excluding hydrogens is 509 g/mol. The third-order valence-electron chi connectivity index (χ3n) is 7.39. The molecule has 9 heteroatoms. The number of pyridine rings is 2. The first-order valence-electron chi connectivity index (χ1n) is 12.7. The van der Waals surface area contributed by atoms with Crippen molar-refractivity contribution < 1.29 is 9.53 Å². The zero-order valence-electron chi connectivity index (χ0n) is 20.9. The third-order valence-corrected chi connectivity index (χ3v) is 7.93. The predicted molar refractivity (Wildman–Crippen MR) is 147 cm³/mol. The van der Waals surface area contributed by atoms with Crippen LogP contribution in [0.25, 0.3) is 11.3 Å². The molecule has 1 fully saturated rings. The summed E-state index contributed by atoms with van der Waals surface area (Å²) < 4.78 is 5.75. The molecule has 0 atom stereocenters. The lowest BCUT2D eigenvalue weighted by molar-refractivity contribution is -0.133. The lowest BCUT2D eigenvalue weighted by Gasteiger charge is -2.49. The predicted octanol–water partition coefficient (Wildman–Crippen LogP) is 5.08. The minimum absolute atomic E-state index is 0.0688.